The zero-order valence-corrected chi connectivity index (χ0v) is 21.5. The van der Waals surface area contributed by atoms with Gasteiger partial charge in [-0.2, -0.15) is 0 Å². The predicted octanol–water partition coefficient (Wildman–Crippen LogP) is 4.48. The van der Waals surface area contributed by atoms with Gasteiger partial charge in [-0.15, -0.1) is 0 Å². The molecule has 2 aliphatic rings. The first-order valence-corrected chi connectivity index (χ1v) is 12.5. The molecule has 0 saturated carbocycles. The molecule has 4 amide bonds. The van der Waals surface area contributed by atoms with Gasteiger partial charge in [-0.3, -0.25) is 14.5 Å². The highest BCUT2D eigenvalue weighted by molar-refractivity contribution is 6.05. The van der Waals surface area contributed by atoms with Crippen LogP contribution in [-0.4, -0.2) is 47.3 Å². The molecule has 5 rings (SSSR count). The Bertz CT molecular complexity index is 1440. The van der Waals surface area contributed by atoms with Crippen molar-refractivity contribution in [2.45, 2.75) is 32.4 Å². The van der Waals surface area contributed by atoms with Crippen LogP contribution in [0.15, 0.2) is 84.1 Å². The van der Waals surface area contributed by atoms with Crippen molar-refractivity contribution in [2.24, 2.45) is 0 Å². The molecule has 2 N–H and O–H groups in total. The summed E-state index contributed by atoms with van der Waals surface area (Å²) in [5, 5.41) is 5.81. The van der Waals surface area contributed by atoms with E-state index in [4.69, 9.17) is 0 Å². The van der Waals surface area contributed by atoms with Crippen LogP contribution in [0.4, 0.5) is 14.9 Å². The van der Waals surface area contributed by atoms with E-state index in [0.717, 1.165) is 22.3 Å². The largest absolute Gasteiger partial charge is 0.326 e. The minimum Gasteiger partial charge on any atom is -0.326 e. The Morgan fingerprint density at radius 1 is 1.05 bits per heavy atom. The Hall–Kier alpha value is -4.46. The summed E-state index contributed by atoms with van der Waals surface area (Å²) in [6, 6.07) is 19.1. The van der Waals surface area contributed by atoms with Crippen molar-refractivity contribution < 1.29 is 18.8 Å². The van der Waals surface area contributed by atoms with Crippen molar-refractivity contribution in [3.05, 3.63) is 112 Å². The van der Waals surface area contributed by atoms with Gasteiger partial charge in [0.2, 0.25) is 5.91 Å². The number of nitrogens with one attached hydrogen (secondary N) is 2. The first-order valence-electron chi connectivity index (χ1n) is 12.5. The minimum atomic E-state index is -0.858. The molecule has 3 aromatic rings. The second-order valence-electron chi connectivity index (χ2n) is 9.80. The lowest BCUT2D eigenvalue weighted by Crippen LogP contribution is -2.47. The molecule has 2 atom stereocenters. The number of carbonyl (C=O) groups is 3. The average molecular weight is 513 g/mol. The summed E-state index contributed by atoms with van der Waals surface area (Å²) < 4.78 is 13.4. The molecule has 0 bridgehead atoms. The Kier molecular flexibility index (Phi) is 6.72. The van der Waals surface area contributed by atoms with E-state index in [-0.39, 0.29) is 24.9 Å². The lowest BCUT2D eigenvalue weighted by atomic mass is 9.91. The molecule has 2 heterocycles. The van der Waals surface area contributed by atoms with Gasteiger partial charge in [-0.1, -0.05) is 54.1 Å². The highest BCUT2D eigenvalue weighted by Gasteiger charge is 2.46. The maximum absolute atomic E-state index is 14.0. The number of halogens is 1. The van der Waals surface area contributed by atoms with E-state index < -0.39 is 23.8 Å². The van der Waals surface area contributed by atoms with Gasteiger partial charge < -0.3 is 15.5 Å². The quantitative estimate of drug-likeness (QED) is 0.511. The van der Waals surface area contributed by atoms with Gasteiger partial charge in [-0.05, 0) is 54.8 Å². The SMILES string of the molecule is Cc1ccc([C@@H]2NC(=O)N(C)C3=C2C(=O)N([C@@H](Cc2ccccc2)C(=O)Nc2ccc(F)cc2)C3)c(C)c1. The van der Waals surface area contributed by atoms with Crippen molar-refractivity contribution in [1.82, 2.24) is 15.1 Å². The molecule has 0 aromatic heterocycles. The van der Waals surface area contributed by atoms with E-state index in [1.165, 1.54) is 34.1 Å². The van der Waals surface area contributed by atoms with Crippen LogP contribution in [-0.2, 0) is 16.0 Å². The summed E-state index contributed by atoms with van der Waals surface area (Å²) in [6.07, 6.45) is 0.277. The Labute approximate surface area is 220 Å². The zero-order valence-electron chi connectivity index (χ0n) is 21.5. The van der Waals surface area contributed by atoms with Crippen LogP contribution < -0.4 is 10.6 Å². The highest BCUT2D eigenvalue weighted by Crippen LogP contribution is 2.38. The van der Waals surface area contributed by atoms with E-state index in [9.17, 15) is 18.8 Å². The summed E-state index contributed by atoms with van der Waals surface area (Å²) in [4.78, 5) is 43.6. The standard InChI is InChI=1S/C30H29FN4O3/c1-18-9-14-23(19(2)15-18)27-26-25(34(3)30(38)33-27)17-35(29(26)37)24(16-20-7-5-4-6-8-20)28(36)32-22-12-10-21(31)11-13-22/h4-15,24,27H,16-17H2,1-3H3,(H,32,36)(H,33,38)/t24-,27-/m0/s1. The summed E-state index contributed by atoms with van der Waals surface area (Å²) in [6.45, 7) is 4.07. The van der Waals surface area contributed by atoms with Gasteiger partial charge in [0.05, 0.1) is 23.9 Å². The summed E-state index contributed by atoms with van der Waals surface area (Å²) >= 11 is 0. The molecule has 0 saturated heterocycles. The van der Waals surface area contributed by atoms with Crippen LogP contribution >= 0.6 is 0 Å². The fraction of sp³-hybridized carbons (Fsp3) is 0.233. The fourth-order valence-electron chi connectivity index (χ4n) is 5.16. The molecular formula is C30H29FN4O3. The lowest BCUT2D eigenvalue weighted by Gasteiger charge is -2.31. The van der Waals surface area contributed by atoms with Gasteiger partial charge in [0.1, 0.15) is 11.9 Å². The summed E-state index contributed by atoms with van der Waals surface area (Å²) in [5.41, 5.74) is 5.25. The lowest BCUT2D eigenvalue weighted by molar-refractivity contribution is -0.134. The molecule has 0 spiro atoms. The number of carbonyl (C=O) groups excluding carboxylic acids is 3. The fourth-order valence-corrected chi connectivity index (χ4v) is 5.16. The van der Waals surface area contributed by atoms with Crippen LogP contribution in [0.25, 0.3) is 0 Å². The second kappa shape index (κ2) is 10.1. The van der Waals surface area contributed by atoms with E-state index >= 15 is 0 Å². The van der Waals surface area contributed by atoms with E-state index in [2.05, 4.69) is 10.6 Å². The number of anilines is 1. The van der Waals surface area contributed by atoms with Crippen molar-refractivity contribution >= 4 is 23.5 Å². The summed E-state index contributed by atoms with van der Waals surface area (Å²) in [5.74, 6) is -1.10. The molecule has 194 valence electrons. The Morgan fingerprint density at radius 2 is 1.76 bits per heavy atom. The second-order valence-corrected chi connectivity index (χ2v) is 9.80. The summed E-state index contributed by atoms with van der Waals surface area (Å²) in [7, 11) is 1.63. The van der Waals surface area contributed by atoms with Crippen LogP contribution in [0.2, 0.25) is 0 Å². The molecule has 7 nitrogen and oxygen atoms in total. The van der Waals surface area contributed by atoms with Crippen LogP contribution in [0.1, 0.15) is 28.3 Å². The van der Waals surface area contributed by atoms with Crippen molar-refractivity contribution in [3.63, 3.8) is 0 Å². The number of nitrogens with zero attached hydrogens (tertiary/aromatic N) is 2. The maximum atomic E-state index is 14.0. The number of urea groups is 1. The number of rotatable bonds is 6. The number of amides is 4. The molecule has 3 aromatic carbocycles. The number of hydrogen-bond donors (Lipinski definition) is 2. The Morgan fingerprint density at radius 3 is 2.45 bits per heavy atom. The molecule has 0 radical (unpaired) electrons. The topological polar surface area (TPSA) is 81.8 Å². The van der Waals surface area contributed by atoms with Crippen molar-refractivity contribution in [3.8, 4) is 0 Å². The predicted molar refractivity (Wildman–Crippen MR) is 143 cm³/mol. The molecule has 2 aliphatic heterocycles. The molecule has 0 fully saturated rings. The van der Waals surface area contributed by atoms with Gasteiger partial charge in [0.15, 0.2) is 0 Å². The molecule has 0 unspecified atom stereocenters. The van der Waals surface area contributed by atoms with Crippen LogP contribution in [0.5, 0.6) is 0 Å². The smallest absolute Gasteiger partial charge is 0.322 e. The molecule has 38 heavy (non-hydrogen) atoms. The normalized spacial score (nSPS) is 17.8. The number of likely N-dealkylation sites (N-methyl/N-ethyl adjacent to an activating group) is 1. The highest BCUT2D eigenvalue weighted by atomic mass is 19.1. The van der Waals surface area contributed by atoms with Gasteiger partial charge in [0.25, 0.3) is 5.91 Å². The number of aryl methyl sites for hydroxylation is 2. The van der Waals surface area contributed by atoms with Crippen molar-refractivity contribution in [1.29, 1.82) is 0 Å². The molecule has 0 aliphatic carbocycles. The van der Waals surface area contributed by atoms with Gasteiger partial charge >= 0.3 is 6.03 Å². The van der Waals surface area contributed by atoms with E-state index in [0.29, 0.717) is 17.0 Å². The number of benzene rings is 3. The van der Waals surface area contributed by atoms with Crippen LogP contribution in [0.3, 0.4) is 0 Å². The number of hydrogen-bond acceptors (Lipinski definition) is 3. The minimum absolute atomic E-state index is 0.119. The van der Waals surface area contributed by atoms with E-state index in [1.54, 1.807) is 7.05 Å². The first-order chi connectivity index (χ1) is 18.2. The van der Waals surface area contributed by atoms with Crippen molar-refractivity contribution in [2.75, 3.05) is 18.9 Å². The zero-order chi connectivity index (χ0) is 27.0. The molecular weight excluding hydrogens is 483 g/mol. The third kappa shape index (κ3) is 4.77. The van der Waals surface area contributed by atoms with Gasteiger partial charge in [-0.25, -0.2) is 9.18 Å². The monoisotopic (exact) mass is 512 g/mol. The average Bonchev–Trinajstić information content (AvgIpc) is 3.24. The third-order valence-electron chi connectivity index (χ3n) is 7.19. The Balaban J connectivity index is 1.50. The maximum Gasteiger partial charge on any atom is 0.322 e. The third-order valence-corrected chi connectivity index (χ3v) is 7.19. The first kappa shape index (κ1) is 25.2. The van der Waals surface area contributed by atoms with E-state index in [1.807, 2.05) is 62.4 Å². The molecule has 8 heteroatoms. The van der Waals surface area contributed by atoms with Crippen LogP contribution in [0, 0.1) is 19.7 Å². The van der Waals surface area contributed by atoms with Gasteiger partial charge in [0, 0.05) is 19.2 Å².